The van der Waals surface area contributed by atoms with E-state index in [9.17, 15) is 20.1 Å². The minimum atomic E-state index is -0.587. The number of aliphatic imine (C=N–C) groups is 2. The van der Waals surface area contributed by atoms with E-state index in [0.29, 0.717) is 33.0 Å². The molecule has 0 aliphatic heterocycles. The molecule has 0 atom stereocenters. The number of ketones is 2. The highest BCUT2D eigenvalue weighted by atomic mass is 32.1. The van der Waals surface area contributed by atoms with Crippen molar-refractivity contribution >= 4 is 88.6 Å². The summed E-state index contributed by atoms with van der Waals surface area (Å²) in [6.45, 7) is 23.9. The zero-order valence-electron chi connectivity index (χ0n) is 28.5. The van der Waals surface area contributed by atoms with Gasteiger partial charge < -0.3 is 0 Å². The maximum atomic E-state index is 13.7. The van der Waals surface area contributed by atoms with E-state index in [2.05, 4.69) is 37.4 Å². The van der Waals surface area contributed by atoms with Crippen LogP contribution in [-0.2, 0) is 10.8 Å². The zero-order valence-corrected chi connectivity index (χ0v) is 30.9. The molecule has 0 unspecified atom stereocenters. The molecule has 4 aliphatic carbocycles. The number of hydrogen-bond acceptors (Lipinski definition) is 9. The molecule has 5 aromatic rings. The molecule has 9 rings (SSSR count). The predicted molar refractivity (Wildman–Crippen MR) is 210 cm³/mol. The summed E-state index contributed by atoms with van der Waals surface area (Å²) in [5.41, 5.74) is 5.74. The first-order chi connectivity index (χ1) is 25.5. The van der Waals surface area contributed by atoms with Crippen LogP contribution in [0.3, 0.4) is 0 Å². The number of fused-ring (bicyclic) bond motifs is 9. The lowest BCUT2D eigenvalue weighted by Crippen LogP contribution is -2.24. The summed E-state index contributed by atoms with van der Waals surface area (Å²) >= 11 is 4.91. The van der Waals surface area contributed by atoms with Crippen molar-refractivity contribution in [3.8, 4) is 21.9 Å². The molecule has 0 saturated carbocycles. The van der Waals surface area contributed by atoms with Crippen molar-refractivity contribution in [3.05, 3.63) is 138 Å². The number of nitriles is 2. The van der Waals surface area contributed by atoms with Crippen LogP contribution >= 0.6 is 34.0 Å². The Morgan fingerprint density at radius 2 is 1.23 bits per heavy atom. The Labute approximate surface area is 316 Å². The van der Waals surface area contributed by atoms with E-state index < -0.39 is 10.8 Å². The first-order valence-electron chi connectivity index (χ1n) is 16.4. The number of Topliss-reactive ketones (excluding diaryl/α,β-unsaturated/α-hetero) is 2. The van der Waals surface area contributed by atoms with E-state index in [0.717, 1.165) is 19.8 Å². The van der Waals surface area contributed by atoms with Crippen molar-refractivity contribution in [2.24, 2.45) is 9.98 Å². The third kappa shape index (κ3) is 4.22. The minimum absolute atomic E-state index is 0.114. The monoisotopic (exact) mass is 738 g/mol. The molecule has 0 radical (unpaired) electrons. The summed E-state index contributed by atoms with van der Waals surface area (Å²) in [6, 6.07) is 19.9. The van der Waals surface area contributed by atoms with Gasteiger partial charge in [-0.15, -0.1) is 34.0 Å². The van der Waals surface area contributed by atoms with Crippen LogP contribution in [0.15, 0.2) is 81.7 Å². The van der Waals surface area contributed by atoms with Gasteiger partial charge >= 0.3 is 0 Å². The maximum absolute atomic E-state index is 13.7. The van der Waals surface area contributed by atoms with Crippen molar-refractivity contribution in [1.29, 1.82) is 10.5 Å². The molecular weight excluding hydrogens is 717 g/mol. The van der Waals surface area contributed by atoms with Gasteiger partial charge in [0.1, 0.15) is 16.4 Å². The minimum Gasteiger partial charge on any atom is -0.287 e. The molecule has 2 aromatic carbocycles. The van der Waals surface area contributed by atoms with Gasteiger partial charge in [0.25, 0.3) is 11.4 Å². The molecule has 0 spiro atoms. The van der Waals surface area contributed by atoms with E-state index in [-0.39, 0.29) is 45.5 Å². The van der Waals surface area contributed by atoms with Gasteiger partial charge in [-0.3, -0.25) is 9.59 Å². The molecule has 0 amide bonds. The van der Waals surface area contributed by atoms with Crippen molar-refractivity contribution in [2.45, 2.75) is 38.5 Å². The number of nitrogens with zero attached hydrogens (tertiary/aromatic N) is 6. The lowest BCUT2D eigenvalue weighted by atomic mass is 9.75. The number of allylic oxidation sites excluding steroid dienone is 5. The average molecular weight is 739 g/mol. The molecule has 11 heteroatoms. The summed E-state index contributed by atoms with van der Waals surface area (Å²) in [5, 5.41) is 20.2. The predicted octanol–water partition coefficient (Wildman–Crippen LogP) is 10.6. The van der Waals surface area contributed by atoms with Crippen LogP contribution in [-0.4, -0.2) is 23.0 Å². The van der Waals surface area contributed by atoms with Crippen LogP contribution in [0.4, 0.5) is 5.00 Å². The lowest BCUT2D eigenvalue weighted by molar-refractivity contribution is 0.106. The zero-order chi connectivity index (χ0) is 37.1. The number of hydrogen-bond donors (Lipinski definition) is 0. The fourth-order valence-corrected chi connectivity index (χ4v) is 12.6. The molecule has 4 aliphatic rings. The van der Waals surface area contributed by atoms with E-state index in [1.54, 1.807) is 71.2 Å². The van der Waals surface area contributed by atoms with Crippen molar-refractivity contribution in [1.82, 2.24) is 0 Å². The molecule has 0 bridgehead atoms. The maximum Gasteiger partial charge on any atom is 0.271 e. The first kappa shape index (κ1) is 32.6. The van der Waals surface area contributed by atoms with E-state index in [1.807, 2.05) is 24.3 Å². The van der Waals surface area contributed by atoms with Crippen molar-refractivity contribution in [2.75, 3.05) is 0 Å². The fourth-order valence-electron chi connectivity index (χ4n) is 8.05. The second-order valence-electron chi connectivity index (χ2n) is 14.0. The molecular formula is C42H22N6O2S3. The first-order valence-corrected chi connectivity index (χ1v) is 18.9. The van der Waals surface area contributed by atoms with Gasteiger partial charge in [-0.25, -0.2) is 30.2 Å². The van der Waals surface area contributed by atoms with Crippen LogP contribution in [0, 0.1) is 35.8 Å². The third-order valence-electron chi connectivity index (χ3n) is 10.4. The van der Waals surface area contributed by atoms with Crippen LogP contribution in [0.1, 0.15) is 81.1 Å². The highest BCUT2D eigenvalue weighted by Crippen LogP contribution is 2.64. The number of carbonyl (C=O) groups is 2. The Bertz CT molecular complexity index is 2950. The summed E-state index contributed by atoms with van der Waals surface area (Å²) in [6.07, 6.45) is 2.05. The summed E-state index contributed by atoms with van der Waals surface area (Å²) < 4.78 is 2.14. The van der Waals surface area contributed by atoms with Crippen LogP contribution < -0.4 is 0 Å². The fraction of sp³-hybridized carbons (Fsp3) is 0.143. The molecule has 0 fully saturated rings. The molecule has 0 N–H and O–H groups in total. The standard InChI is InChI=1S/C42H22N6O2S3/c1-41(2)27(47-34-29(23(17-43)45-5)19-11-7-9-13-21(19)36(34)49)15-25-31(41)32-39(51-25)40-33(42(32,3)4)38-26(52-40)16-28(53-38)48-35-30(24(18-44)46-6)20-12-8-10-14-22(20)37(35)50/h7-16H,1-4H3/b29-23+,30-24?,47-34?,48-35?. The van der Waals surface area contributed by atoms with Gasteiger partial charge in [0.15, 0.2) is 0 Å². The molecule has 3 heterocycles. The number of carbonyl (C=O) groups excluding carboxylic acids is 2. The molecule has 250 valence electrons. The number of thiophene rings is 3. The lowest BCUT2D eigenvalue weighted by Gasteiger charge is -2.29. The Hall–Kier alpha value is -6.34. The van der Waals surface area contributed by atoms with E-state index in [1.165, 1.54) is 32.2 Å². The van der Waals surface area contributed by atoms with Crippen molar-refractivity contribution < 1.29 is 9.59 Å². The quantitative estimate of drug-likeness (QED) is 0.132. The van der Waals surface area contributed by atoms with Crippen LogP contribution in [0.2, 0.25) is 0 Å². The van der Waals surface area contributed by atoms with Gasteiger partial charge in [0.2, 0.25) is 11.6 Å². The topological polar surface area (TPSA) is 115 Å². The van der Waals surface area contributed by atoms with Gasteiger partial charge in [0, 0.05) is 47.6 Å². The van der Waals surface area contributed by atoms with Gasteiger partial charge in [-0.2, -0.15) is 0 Å². The van der Waals surface area contributed by atoms with Crippen molar-refractivity contribution in [3.63, 3.8) is 0 Å². The van der Waals surface area contributed by atoms with Gasteiger partial charge in [0.05, 0.1) is 40.6 Å². The molecule has 53 heavy (non-hydrogen) atoms. The normalized spacial score (nSPS) is 20.3. The smallest absolute Gasteiger partial charge is 0.271 e. The molecule has 0 saturated heterocycles. The van der Waals surface area contributed by atoms with Crippen LogP contribution in [0.5, 0.6) is 0 Å². The van der Waals surface area contributed by atoms with Gasteiger partial charge in [-0.05, 0) is 40.0 Å². The highest BCUT2D eigenvalue weighted by molar-refractivity contribution is 7.33. The Kier molecular flexibility index (Phi) is 6.81. The van der Waals surface area contributed by atoms with E-state index in [4.69, 9.17) is 23.1 Å². The summed E-state index contributed by atoms with van der Waals surface area (Å²) in [5.74, 6) is -0.597. The number of benzene rings is 2. The van der Waals surface area contributed by atoms with E-state index >= 15 is 0 Å². The van der Waals surface area contributed by atoms with Gasteiger partial charge in [-0.1, -0.05) is 76.2 Å². The SMILES string of the molecule is [C-]#[N+]C(C#N)=C1C(=Nc2cc3sc4c(c3s2)C(C)(C)c2c-4sc3c2C(C)(C)C(N=C2C(=O)c4ccccc4/C2=C(/C#N)[N+]#[C-])=C3)C(=O)c2ccccc21. The summed E-state index contributed by atoms with van der Waals surface area (Å²) in [4.78, 5) is 47.4. The Morgan fingerprint density at radius 1 is 0.698 bits per heavy atom. The molecule has 3 aromatic heterocycles. The Balaban J connectivity index is 1.14. The second kappa shape index (κ2) is 11.1. The Morgan fingerprint density at radius 3 is 1.77 bits per heavy atom. The summed E-state index contributed by atoms with van der Waals surface area (Å²) in [7, 11) is 0. The third-order valence-corrected chi connectivity index (χ3v) is 14.0. The average Bonchev–Trinajstić information content (AvgIpc) is 3.98. The number of rotatable bonds is 2. The largest absolute Gasteiger partial charge is 0.287 e. The molecule has 8 nitrogen and oxygen atoms in total. The second-order valence-corrected chi connectivity index (χ2v) is 17.1. The van der Waals surface area contributed by atoms with Crippen LogP contribution in [0.25, 0.3) is 46.1 Å². The highest BCUT2D eigenvalue weighted by Gasteiger charge is 2.49.